The molecule has 0 saturated carbocycles. The second kappa shape index (κ2) is 6.58. The summed E-state index contributed by atoms with van der Waals surface area (Å²) in [6.07, 6.45) is 4.75. The Labute approximate surface area is 100 Å². The van der Waals surface area contributed by atoms with Crippen LogP contribution in [0.4, 0.5) is 0 Å². The topological polar surface area (TPSA) is 47.3 Å². The van der Waals surface area contributed by atoms with Crippen molar-refractivity contribution in [1.82, 2.24) is 5.32 Å². The molecule has 3 N–H and O–H groups in total. The van der Waals surface area contributed by atoms with Gasteiger partial charge >= 0.3 is 0 Å². The number of hydrogen-bond donors (Lipinski definition) is 2. The minimum atomic E-state index is 0.0411. The van der Waals surface area contributed by atoms with E-state index in [1.54, 1.807) is 0 Å². The van der Waals surface area contributed by atoms with E-state index in [-0.39, 0.29) is 5.60 Å². The molecule has 0 aromatic rings. The molecular weight excluding hydrogens is 200 g/mol. The Morgan fingerprint density at radius 1 is 1.38 bits per heavy atom. The second-order valence-corrected chi connectivity index (χ2v) is 5.20. The third-order valence-electron chi connectivity index (χ3n) is 3.91. The van der Waals surface area contributed by atoms with E-state index in [1.165, 1.54) is 25.7 Å². The maximum Gasteiger partial charge on any atom is 0.0779 e. The lowest BCUT2D eigenvalue weighted by atomic mass is 9.93. The van der Waals surface area contributed by atoms with Crippen LogP contribution in [0.2, 0.25) is 0 Å². The van der Waals surface area contributed by atoms with Crippen LogP contribution < -0.4 is 11.1 Å². The standard InChI is InChI=1S/C13H28N2O/c1-4-11(5-2)12(9-14)15-10-13(3)7-6-8-16-13/h11-12,15H,4-10,14H2,1-3H3. The van der Waals surface area contributed by atoms with Crippen molar-refractivity contribution in [3.8, 4) is 0 Å². The van der Waals surface area contributed by atoms with Gasteiger partial charge < -0.3 is 15.8 Å². The van der Waals surface area contributed by atoms with Crippen molar-refractivity contribution in [3.63, 3.8) is 0 Å². The zero-order valence-electron chi connectivity index (χ0n) is 11.1. The molecule has 0 aromatic heterocycles. The van der Waals surface area contributed by atoms with Crippen LogP contribution in [-0.2, 0) is 4.74 Å². The predicted octanol–water partition coefficient (Wildman–Crippen LogP) is 1.91. The maximum atomic E-state index is 5.85. The Kier molecular flexibility index (Phi) is 5.73. The monoisotopic (exact) mass is 228 g/mol. The van der Waals surface area contributed by atoms with Crippen LogP contribution in [0.15, 0.2) is 0 Å². The molecule has 0 spiro atoms. The molecule has 2 unspecified atom stereocenters. The lowest BCUT2D eigenvalue weighted by molar-refractivity contribution is 0.0172. The van der Waals surface area contributed by atoms with E-state index in [9.17, 15) is 0 Å². The molecule has 2 atom stereocenters. The largest absolute Gasteiger partial charge is 0.374 e. The summed E-state index contributed by atoms with van der Waals surface area (Å²) in [5, 5.41) is 3.60. The Bertz CT molecular complexity index is 186. The Morgan fingerprint density at radius 2 is 2.06 bits per heavy atom. The van der Waals surface area contributed by atoms with Crippen LogP contribution in [0.1, 0.15) is 46.5 Å². The van der Waals surface area contributed by atoms with Gasteiger partial charge in [0.2, 0.25) is 0 Å². The molecule has 1 aliphatic heterocycles. The van der Waals surface area contributed by atoms with Gasteiger partial charge in [0, 0.05) is 25.7 Å². The lowest BCUT2D eigenvalue weighted by Crippen LogP contribution is -2.48. The summed E-state index contributed by atoms with van der Waals surface area (Å²) >= 11 is 0. The third kappa shape index (κ3) is 3.72. The van der Waals surface area contributed by atoms with E-state index in [0.717, 1.165) is 19.7 Å². The number of ether oxygens (including phenoxy) is 1. The molecule has 0 amide bonds. The van der Waals surface area contributed by atoms with Crippen molar-refractivity contribution in [3.05, 3.63) is 0 Å². The molecule has 3 nitrogen and oxygen atoms in total. The second-order valence-electron chi connectivity index (χ2n) is 5.20. The van der Waals surface area contributed by atoms with Crippen molar-refractivity contribution in [2.45, 2.75) is 58.1 Å². The molecule has 0 aromatic carbocycles. The first-order chi connectivity index (χ1) is 7.65. The molecule has 0 aliphatic carbocycles. The fourth-order valence-corrected chi connectivity index (χ4v) is 2.62. The van der Waals surface area contributed by atoms with Gasteiger partial charge in [0.15, 0.2) is 0 Å². The van der Waals surface area contributed by atoms with Crippen LogP contribution in [0, 0.1) is 5.92 Å². The zero-order valence-corrected chi connectivity index (χ0v) is 11.1. The fraction of sp³-hybridized carbons (Fsp3) is 1.00. The molecule has 1 saturated heterocycles. The van der Waals surface area contributed by atoms with E-state index in [1.807, 2.05) is 0 Å². The highest BCUT2D eigenvalue weighted by atomic mass is 16.5. The molecular formula is C13H28N2O. The number of nitrogens with two attached hydrogens (primary N) is 1. The molecule has 1 heterocycles. The minimum absolute atomic E-state index is 0.0411. The third-order valence-corrected chi connectivity index (χ3v) is 3.91. The average Bonchev–Trinajstić information content (AvgIpc) is 2.72. The SMILES string of the molecule is CCC(CC)C(CN)NCC1(C)CCCO1. The van der Waals surface area contributed by atoms with Gasteiger partial charge in [-0.3, -0.25) is 0 Å². The summed E-state index contributed by atoms with van der Waals surface area (Å²) in [6.45, 7) is 9.26. The molecule has 1 aliphatic rings. The zero-order chi connectivity index (χ0) is 12.0. The van der Waals surface area contributed by atoms with E-state index >= 15 is 0 Å². The first kappa shape index (κ1) is 13.9. The molecule has 3 heteroatoms. The molecule has 0 radical (unpaired) electrons. The first-order valence-corrected chi connectivity index (χ1v) is 6.72. The van der Waals surface area contributed by atoms with Gasteiger partial charge in [0.25, 0.3) is 0 Å². The van der Waals surface area contributed by atoms with Gasteiger partial charge in [-0.15, -0.1) is 0 Å². The quantitative estimate of drug-likeness (QED) is 0.700. The molecule has 1 fully saturated rings. The highest BCUT2D eigenvalue weighted by Crippen LogP contribution is 2.24. The van der Waals surface area contributed by atoms with E-state index in [4.69, 9.17) is 10.5 Å². The van der Waals surface area contributed by atoms with Crippen molar-refractivity contribution in [1.29, 1.82) is 0 Å². The summed E-state index contributed by atoms with van der Waals surface area (Å²) in [4.78, 5) is 0. The Morgan fingerprint density at radius 3 is 2.50 bits per heavy atom. The summed E-state index contributed by atoms with van der Waals surface area (Å²) in [7, 11) is 0. The van der Waals surface area contributed by atoms with E-state index < -0.39 is 0 Å². The van der Waals surface area contributed by atoms with Crippen molar-refractivity contribution >= 4 is 0 Å². The highest BCUT2D eigenvalue weighted by Gasteiger charge is 2.30. The summed E-state index contributed by atoms with van der Waals surface area (Å²) in [6, 6.07) is 0.441. The van der Waals surface area contributed by atoms with Crippen molar-refractivity contribution in [2.24, 2.45) is 11.7 Å². The minimum Gasteiger partial charge on any atom is -0.374 e. The maximum absolute atomic E-state index is 5.85. The van der Waals surface area contributed by atoms with Crippen LogP contribution in [0.5, 0.6) is 0 Å². The van der Waals surface area contributed by atoms with Crippen LogP contribution >= 0.6 is 0 Å². The normalized spacial score (nSPS) is 27.6. The molecule has 1 rings (SSSR count). The Balaban J connectivity index is 2.38. The predicted molar refractivity (Wildman–Crippen MR) is 68.5 cm³/mol. The van der Waals surface area contributed by atoms with Gasteiger partial charge in [0.05, 0.1) is 5.60 Å². The van der Waals surface area contributed by atoms with Crippen molar-refractivity contribution in [2.75, 3.05) is 19.7 Å². The number of nitrogens with one attached hydrogen (secondary N) is 1. The van der Waals surface area contributed by atoms with Crippen LogP contribution in [0.25, 0.3) is 0 Å². The van der Waals surface area contributed by atoms with Gasteiger partial charge in [0.1, 0.15) is 0 Å². The van der Waals surface area contributed by atoms with Gasteiger partial charge in [-0.05, 0) is 25.7 Å². The first-order valence-electron chi connectivity index (χ1n) is 6.72. The Hall–Kier alpha value is -0.120. The van der Waals surface area contributed by atoms with E-state index in [2.05, 4.69) is 26.1 Å². The smallest absolute Gasteiger partial charge is 0.0779 e. The van der Waals surface area contributed by atoms with E-state index in [0.29, 0.717) is 12.0 Å². The van der Waals surface area contributed by atoms with Crippen molar-refractivity contribution < 1.29 is 4.74 Å². The molecule has 16 heavy (non-hydrogen) atoms. The summed E-state index contributed by atoms with van der Waals surface area (Å²) < 4.78 is 5.78. The van der Waals surface area contributed by atoms with Gasteiger partial charge in [-0.2, -0.15) is 0 Å². The average molecular weight is 228 g/mol. The van der Waals surface area contributed by atoms with Gasteiger partial charge in [-0.25, -0.2) is 0 Å². The van der Waals surface area contributed by atoms with Crippen LogP contribution in [-0.4, -0.2) is 31.3 Å². The summed E-state index contributed by atoms with van der Waals surface area (Å²) in [5.41, 5.74) is 5.89. The number of rotatable bonds is 7. The highest BCUT2D eigenvalue weighted by molar-refractivity contribution is 4.86. The fourth-order valence-electron chi connectivity index (χ4n) is 2.62. The van der Waals surface area contributed by atoms with Gasteiger partial charge in [-0.1, -0.05) is 26.7 Å². The molecule has 96 valence electrons. The summed E-state index contributed by atoms with van der Waals surface area (Å²) in [5.74, 6) is 0.690. The lowest BCUT2D eigenvalue weighted by Gasteiger charge is -2.30. The molecule has 0 bridgehead atoms. The number of hydrogen-bond acceptors (Lipinski definition) is 3. The van der Waals surface area contributed by atoms with Crippen LogP contribution in [0.3, 0.4) is 0 Å².